The second kappa shape index (κ2) is 6.84. The predicted molar refractivity (Wildman–Crippen MR) is 61.4 cm³/mol. The largest absolute Gasteiger partial charge is 0.478 e. The van der Waals surface area contributed by atoms with E-state index in [2.05, 4.69) is 6.92 Å². The molecular weight excluding hydrogens is 192 g/mol. The van der Waals surface area contributed by atoms with Gasteiger partial charge in [-0.2, -0.15) is 0 Å². The fourth-order valence-electron chi connectivity index (χ4n) is 0.626. The van der Waals surface area contributed by atoms with Crippen LogP contribution in [0.15, 0.2) is 24.3 Å². The lowest BCUT2D eigenvalue weighted by Crippen LogP contribution is -2.11. The standard InChI is InChI=1S/C7H7NO2.C4H10N/c8-6-3-1-5(2-4-6)7(9)10;1-3-4(2)5/h1-4H,8H2,(H,9,10);4H,1,3,5H2,2H3. The Morgan fingerprint density at radius 2 is 1.87 bits per heavy atom. The van der Waals surface area contributed by atoms with Crippen molar-refractivity contribution in [2.75, 3.05) is 5.73 Å². The molecule has 4 nitrogen and oxygen atoms in total. The van der Waals surface area contributed by atoms with Crippen molar-refractivity contribution in [3.8, 4) is 0 Å². The highest BCUT2D eigenvalue weighted by atomic mass is 16.4. The van der Waals surface area contributed by atoms with Crippen LogP contribution in [0, 0.1) is 6.92 Å². The van der Waals surface area contributed by atoms with Crippen LogP contribution in [0.1, 0.15) is 23.7 Å². The van der Waals surface area contributed by atoms with E-state index in [1.165, 1.54) is 12.1 Å². The molecule has 0 heterocycles. The van der Waals surface area contributed by atoms with Crippen molar-refractivity contribution >= 4 is 11.7 Å². The van der Waals surface area contributed by atoms with Crippen molar-refractivity contribution in [3.05, 3.63) is 36.8 Å². The molecule has 4 heteroatoms. The van der Waals surface area contributed by atoms with Crippen LogP contribution in [-0.2, 0) is 0 Å². The van der Waals surface area contributed by atoms with Gasteiger partial charge in [0.2, 0.25) is 0 Å². The van der Waals surface area contributed by atoms with Gasteiger partial charge in [0.15, 0.2) is 0 Å². The maximum atomic E-state index is 10.3. The van der Waals surface area contributed by atoms with Gasteiger partial charge in [-0.3, -0.25) is 0 Å². The van der Waals surface area contributed by atoms with Gasteiger partial charge in [-0.05, 0) is 37.6 Å². The summed E-state index contributed by atoms with van der Waals surface area (Å²) in [6.07, 6.45) is 0.833. The molecule has 1 aromatic carbocycles. The Balaban J connectivity index is 0.000000336. The van der Waals surface area contributed by atoms with E-state index in [1.54, 1.807) is 12.1 Å². The second-order valence-electron chi connectivity index (χ2n) is 3.19. The van der Waals surface area contributed by atoms with E-state index >= 15 is 0 Å². The molecule has 1 atom stereocenters. The number of anilines is 1. The number of hydrogen-bond donors (Lipinski definition) is 3. The van der Waals surface area contributed by atoms with Crippen LogP contribution < -0.4 is 11.5 Å². The van der Waals surface area contributed by atoms with E-state index in [0.29, 0.717) is 5.69 Å². The van der Waals surface area contributed by atoms with Gasteiger partial charge in [-0.15, -0.1) is 0 Å². The minimum atomic E-state index is -0.931. The topological polar surface area (TPSA) is 89.3 Å². The molecule has 0 amide bonds. The minimum Gasteiger partial charge on any atom is -0.478 e. The smallest absolute Gasteiger partial charge is 0.335 e. The van der Waals surface area contributed by atoms with E-state index in [4.69, 9.17) is 16.6 Å². The number of aromatic carboxylic acids is 1. The lowest BCUT2D eigenvalue weighted by molar-refractivity contribution is 0.0697. The molecule has 1 unspecified atom stereocenters. The molecule has 0 aliphatic heterocycles. The molecule has 0 aliphatic carbocycles. The van der Waals surface area contributed by atoms with Crippen molar-refractivity contribution < 1.29 is 9.90 Å². The summed E-state index contributed by atoms with van der Waals surface area (Å²) in [6.45, 7) is 5.50. The zero-order valence-electron chi connectivity index (χ0n) is 8.81. The summed E-state index contributed by atoms with van der Waals surface area (Å²) in [7, 11) is 0. The maximum absolute atomic E-state index is 10.3. The molecule has 0 saturated heterocycles. The first-order valence-electron chi connectivity index (χ1n) is 4.61. The third kappa shape index (κ3) is 6.51. The summed E-state index contributed by atoms with van der Waals surface area (Å²) >= 11 is 0. The number of benzene rings is 1. The van der Waals surface area contributed by atoms with Crippen molar-refractivity contribution in [1.29, 1.82) is 0 Å². The van der Waals surface area contributed by atoms with Crippen LogP contribution in [-0.4, -0.2) is 17.1 Å². The summed E-state index contributed by atoms with van der Waals surface area (Å²) < 4.78 is 0. The molecule has 15 heavy (non-hydrogen) atoms. The van der Waals surface area contributed by atoms with Gasteiger partial charge in [0.05, 0.1) is 5.56 Å². The summed E-state index contributed by atoms with van der Waals surface area (Å²) in [4.78, 5) is 10.3. The zero-order valence-corrected chi connectivity index (χ0v) is 8.81. The molecule has 1 rings (SSSR count). The first-order valence-corrected chi connectivity index (χ1v) is 4.61. The monoisotopic (exact) mass is 209 g/mol. The van der Waals surface area contributed by atoms with E-state index in [1.807, 2.05) is 6.92 Å². The normalized spacial score (nSPS) is 11.1. The number of carbonyl (C=O) groups is 1. The first-order chi connectivity index (χ1) is 6.97. The maximum Gasteiger partial charge on any atom is 0.335 e. The zero-order chi connectivity index (χ0) is 11.8. The van der Waals surface area contributed by atoms with Crippen molar-refractivity contribution in [2.45, 2.75) is 19.4 Å². The van der Waals surface area contributed by atoms with Crippen molar-refractivity contribution in [2.24, 2.45) is 5.73 Å². The van der Waals surface area contributed by atoms with Gasteiger partial charge in [0, 0.05) is 11.7 Å². The van der Waals surface area contributed by atoms with E-state index in [9.17, 15) is 4.79 Å². The lowest BCUT2D eigenvalue weighted by Gasteiger charge is -1.93. The van der Waals surface area contributed by atoms with Gasteiger partial charge in [-0.1, -0.05) is 6.92 Å². The van der Waals surface area contributed by atoms with Crippen LogP contribution in [0.5, 0.6) is 0 Å². The van der Waals surface area contributed by atoms with Crippen LogP contribution >= 0.6 is 0 Å². The third-order valence-electron chi connectivity index (χ3n) is 1.61. The molecule has 0 spiro atoms. The number of carboxylic acid groups (broad SMARTS) is 1. The Morgan fingerprint density at radius 3 is 2.13 bits per heavy atom. The molecule has 0 fully saturated rings. The predicted octanol–water partition coefficient (Wildman–Crippen LogP) is 1.52. The van der Waals surface area contributed by atoms with Gasteiger partial charge < -0.3 is 16.6 Å². The quantitative estimate of drug-likeness (QED) is 0.644. The van der Waals surface area contributed by atoms with Gasteiger partial charge >= 0.3 is 5.97 Å². The third-order valence-corrected chi connectivity index (χ3v) is 1.61. The van der Waals surface area contributed by atoms with Gasteiger partial charge in [0.25, 0.3) is 0 Å². The van der Waals surface area contributed by atoms with Crippen molar-refractivity contribution in [3.63, 3.8) is 0 Å². The summed E-state index contributed by atoms with van der Waals surface area (Å²) in [5.74, 6) is -0.931. The van der Waals surface area contributed by atoms with Crippen LogP contribution in [0.2, 0.25) is 0 Å². The number of nitrogen functional groups attached to an aromatic ring is 1. The second-order valence-corrected chi connectivity index (χ2v) is 3.19. The molecular formula is C11H17N2O2. The lowest BCUT2D eigenvalue weighted by atomic mass is 10.2. The highest BCUT2D eigenvalue weighted by molar-refractivity contribution is 5.87. The number of rotatable bonds is 2. The number of nitrogens with two attached hydrogens (primary N) is 2. The average molecular weight is 209 g/mol. The van der Waals surface area contributed by atoms with E-state index in [0.717, 1.165) is 6.42 Å². The molecule has 0 saturated carbocycles. The Hall–Kier alpha value is -1.55. The highest BCUT2D eigenvalue weighted by Crippen LogP contribution is 2.04. The van der Waals surface area contributed by atoms with Crippen LogP contribution in [0.25, 0.3) is 0 Å². The number of carboxylic acids is 1. The summed E-state index contributed by atoms with van der Waals surface area (Å²) in [5, 5.41) is 8.43. The molecule has 83 valence electrons. The SMILES string of the molecule is Nc1ccc(C(=O)O)cc1.[CH2]CC(C)N. The fraction of sp³-hybridized carbons (Fsp3) is 0.273. The minimum absolute atomic E-state index is 0.259. The summed E-state index contributed by atoms with van der Waals surface area (Å²) in [6, 6.07) is 6.33. The van der Waals surface area contributed by atoms with Gasteiger partial charge in [0.1, 0.15) is 0 Å². The first kappa shape index (κ1) is 13.4. The molecule has 0 aromatic heterocycles. The Morgan fingerprint density at radius 1 is 1.47 bits per heavy atom. The fourth-order valence-corrected chi connectivity index (χ4v) is 0.626. The summed E-state index contributed by atoms with van der Waals surface area (Å²) in [5.41, 5.74) is 11.4. The molecule has 1 aromatic rings. The Labute approximate surface area is 89.9 Å². The van der Waals surface area contributed by atoms with Gasteiger partial charge in [-0.25, -0.2) is 4.79 Å². The molecule has 0 aliphatic rings. The van der Waals surface area contributed by atoms with Crippen LogP contribution in [0.3, 0.4) is 0 Å². The Kier molecular flexibility index (Phi) is 6.13. The Bertz CT molecular complexity index is 294. The van der Waals surface area contributed by atoms with E-state index in [-0.39, 0.29) is 11.6 Å². The highest BCUT2D eigenvalue weighted by Gasteiger charge is 1.98. The number of hydrogen-bond acceptors (Lipinski definition) is 3. The van der Waals surface area contributed by atoms with Crippen molar-refractivity contribution in [1.82, 2.24) is 0 Å². The molecule has 1 radical (unpaired) electrons. The van der Waals surface area contributed by atoms with E-state index < -0.39 is 5.97 Å². The average Bonchev–Trinajstić information content (AvgIpc) is 2.19. The molecule has 5 N–H and O–H groups in total. The van der Waals surface area contributed by atoms with Crippen LogP contribution in [0.4, 0.5) is 5.69 Å². The molecule has 0 bridgehead atoms.